The normalized spacial score (nSPS) is 13.9. The second kappa shape index (κ2) is 7.13. The SMILES string of the molecule is C=C(O)[C@@H](N)CCC(=O)NC(CS)C(=O)O. The van der Waals surface area contributed by atoms with E-state index in [0.29, 0.717) is 0 Å². The van der Waals surface area contributed by atoms with Crippen molar-refractivity contribution in [3.05, 3.63) is 12.3 Å². The van der Waals surface area contributed by atoms with Crippen LogP contribution in [0.15, 0.2) is 12.3 Å². The molecule has 5 N–H and O–H groups in total. The lowest BCUT2D eigenvalue weighted by atomic mass is 10.1. The standard InChI is InChI=1S/C9H16N2O4S/c1-5(12)6(10)2-3-8(13)11-7(4-16)9(14)15/h6-7,12,16H,1-4,10H2,(H,11,13)(H,14,15)/t6-,7?/m0/s1. The number of carbonyl (C=O) groups excluding carboxylic acids is 1. The average molecular weight is 248 g/mol. The van der Waals surface area contributed by atoms with Crippen LogP contribution in [0.25, 0.3) is 0 Å². The van der Waals surface area contributed by atoms with Crippen LogP contribution in [-0.2, 0) is 9.59 Å². The number of aliphatic carboxylic acids is 1. The van der Waals surface area contributed by atoms with Gasteiger partial charge in [0.25, 0.3) is 0 Å². The smallest absolute Gasteiger partial charge is 0.327 e. The Morgan fingerprint density at radius 1 is 1.44 bits per heavy atom. The first kappa shape index (κ1) is 14.8. The zero-order valence-corrected chi connectivity index (χ0v) is 9.61. The molecule has 0 aromatic rings. The fraction of sp³-hybridized carbons (Fsp3) is 0.556. The molecule has 0 aliphatic heterocycles. The maximum atomic E-state index is 11.3. The van der Waals surface area contributed by atoms with Crippen molar-refractivity contribution in [3.8, 4) is 0 Å². The zero-order valence-electron chi connectivity index (χ0n) is 8.72. The maximum absolute atomic E-state index is 11.3. The van der Waals surface area contributed by atoms with Gasteiger partial charge >= 0.3 is 5.97 Å². The number of hydrogen-bond donors (Lipinski definition) is 5. The van der Waals surface area contributed by atoms with Gasteiger partial charge in [0, 0.05) is 12.2 Å². The fourth-order valence-electron chi connectivity index (χ4n) is 0.905. The summed E-state index contributed by atoms with van der Waals surface area (Å²) in [6.45, 7) is 3.23. The molecular weight excluding hydrogens is 232 g/mol. The van der Waals surface area contributed by atoms with Gasteiger partial charge < -0.3 is 21.3 Å². The Morgan fingerprint density at radius 2 is 2.00 bits per heavy atom. The Hall–Kier alpha value is -1.21. The van der Waals surface area contributed by atoms with E-state index in [2.05, 4.69) is 24.5 Å². The fourth-order valence-corrected chi connectivity index (χ4v) is 1.15. The van der Waals surface area contributed by atoms with Crippen LogP contribution >= 0.6 is 12.6 Å². The first-order valence-corrected chi connectivity index (χ1v) is 5.28. The Balaban J connectivity index is 3.99. The molecule has 92 valence electrons. The number of carboxylic acid groups (broad SMARTS) is 1. The molecule has 0 aliphatic rings. The van der Waals surface area contributed by atoms with Crippen LogP contribution in [0.3, 0.4) is 0 Å². The molecule has 6 nitrogen and oxygen atoms in total. The van der Waals surface area contributed by atoms with Gasteiger partial charge in [0.05, 0.1) is 6.04 Å². The van der Waals surface area contributed by atoms with Gasteiger partial charge in [0.15, 0.2) is 0 Å². The quantitative estimate of drug-likeness (QED) is 0.313. The Labute approximate surface area is 98.9 Å². The van der Waals surface area contributed by atoms with Crippen molar-refractivity contribution < 1.29 is 19.8 Å². The number of aliphatic hydroxyl groups excluding tert-OH is 1. The highest BCUT2D eigenvalue weighted by Gasteiger charge is 2.18. The number of rotatable bonds is 7. The molecule has 7 heteroatoms. The molecule has 0 heterocycles. The Kier molecular flexibility index (Phi) is 6.59. The Morgan fingerprint density at radius 3 is 2.38 bits per heavy atom. The highest BCUT2D eigenvalue weighted by atomic mass is 32.1. The minimum atomic E-state index is -1.14. The van der Waals surface area contributed by atoms with E-state index in [0.717, 1.165) is 0 Å². The third-order valence-electron chi connectivity index (χ3n) is 1.93. The van der Waals surface area contributed by atoms with Gasteiger partial charge in [0.2, 0.25) is 5.91 Å². The van der Waals surface area contributed by atoms with Crippen molar-refractivity contribution >= 4 is 24.5 Å². The number of aliphatic hydroxyl groups is 1. The third-order valence-corrected chi connectivity index (χ3v) is 2.29. The van der Waals surface area contributed by atoms with Gasteiger partial charge in [-0.05, 0) is 6.42 Å². The van der Waals surface area contributed by atoms with Gasteiger partial charge in [-0.15, -0.1) is 0 Å². The second-order valence-corrected chi connectivity index (χ2v) is 3.64. The van der Waals surface area contributed by atoms with Crippen LogP contribution in [0.2, 0.25) is 0 Å². The number of hydrogen-bond acceptors (Lipinski definition) is 5. The summed E-state index contributed by atoms with van der Waals surface area (Å²) in [7, 11) is 0. The predicted molar refractivity (Wildman–Crippen MR) is 62.4 cm³/mol. The van der Waals surface area contributed by atoms with E-state index >= 15 is 0 Å². The van der Waals surface area contributed by atoms with Gasteiger partial charge in [-0.1, -0.05) is 6.58 Å². The van der Waals surface area contributed by atoms with E-state index in [-0.39, 0.29) is 24.4 Å². The molecule has 0 aromatic carbocycles. The molecule has 0 radical (unpaired) electrons. The summed E-state index contributed by atoms with van der Waals surface area (Å²) in [6.07, 6.45) is 0.235. The Bertz CT molecular complexity index is 283. The summed E-state index contributed by atoms with van der Waals surface area (Å²) in [5.41, 5.74) is 5.43. The van der Waals surface area contributed by atoms with Gasteiger partial charge in [-0.2, -0.15) is 12.6 Å². The lowest BCUT2D eigenvalue weighted by Crippen LogP contribution is -2.42. The van der Waals surface area contributed by atoms with Crippen molar-refractivity contribution in [2.45, 2.75) is 24.9 Å². The lowest BCUT2D eigenvalue weighted by molar-refractivity contribution is -0.141. The molecule has 0 saturated heterocycles. The van der Waals surface area contributed by atoms with Crippen molar-refractivity contribution in [1.82, 2.24) is 5.32 Å². The molecule has 2 atom stereocenters. The highest BCUT2D eigenvalue weighted by molar-refractivity contribution is 7.80. The summed E-state index contributed by atoms with van der Waals surface area (Å²) in [6, 6.07) is -1.69. The molecule has 0 rings (SSSR count). The first-order chi connectivity index (χ1) is 7.38. The van der Waals surface area contributed by atoms with Crippen LogP contribution in [0.4, 0.5) is 0 Å². The number of amides is 1. The molecule has 0 bridgehead atoms. The molecule has 0 spiro atoms. The van der Waals surface area contributed by atoms with Gasteiger partial charge in [-0.3, -0.25) is 4.79 Å². The van der Waals surface area contributed by atoms with E-state index in [4.69, 9.17) is 15.9 Å². The minimum Gasteiger partial charge on any atom is -0.511 e. The monoisotopic (exact) mass is 248 g/mol. The summed E-state index contributed by atoms with van der Waals surface area (Å²) >= 11 is 3.80. The lowest BCUT2D eigenvalue weighted by Gasteiger charge is -2.13. The number of carboxylic acids is 1. The number of nitrogens with one attached hydrogen (secondary N) is 1. The molecule has 1 amide bonds. The van der Waals surface area contributed by atoms with E-state index in [1.807, 2.05) is 0 Å². The summed E-state index contributed by atoms with van der Waals surface area (Å²) in [4.78, 5) is 21.8. The van der Waals surface area contributed by atoms with Crippen LogP contribution in [0.1, 0.15) is 12.8 Å². The average Bonchev–Trinajstić information content (AvgIpc) is 2.21. The molecule has 16 heavy (non-hydrogen) atoms. The number of carbonyl (C=O) groups is 2. The van der Waals surface area contributed by atoms with Crippen molar-refractivity contribution in [2.24, 2.45) is 5.73 Å². The van der Waals surface area contributed by atoms with Crippen LogP contribution < -0.4 is 11.1 Å². The highest BCUT2D eigenvalue weighted by Crippen LogP contribution is 2.01. The van der Waals surface area contributed by atoms with Crippen molar-refractivity contribution in [1.29, 1.82) is 0 Å². The van der Waals surface area contributed by atoms with Crippen LogP contribution in [0, 0.1) is 0 Å². The summed E-state index contributed by atoms with van der Waals surface area (Å²) in [5.74, 6) is -1.77. The van der Waals surface area contributed by atoms with Gasteiger partial charge in [-0.25, -0.2) is 4.79 Å². The maximum Gasteiger partial charge on any atom is 0.327 e. The molecular formula is C9H16N2O4S. The van der Waals surface area contributed by atoms with Crippen molar-refractivity contribution in [3.63, 3.8) is 0 Å². The van der Waals surface area contributed by atoms with Crippen LogP contribution in [-0.4, -0.2) is 39.9 Å². The molecule has 0 aromatic heterocycles. The van der Waals surface area contributed by atoms with E-state index in [1.165, 1.54) is 0 Å². The largest absolute Gasteiger partial charge is 0.511 e. The third kappa shape index (κ3) is 5.62. The summed E-state index contributed by atoms with van der Waals surface area (Å²) in [5, 5.41) is 19.8. The second-order valence-electron chi connectivity index (χ2n) is 3.28. The van der Waals surface area contributed by atoms with Gasteiger partial charge in [0.1, 0.15) is 11.8 Å². The first-order valence-electron chi connectivity index (χ1n) is 4.64. The van der Waals surface area contributed by atoms with Crippen molar-refractivity contribution in [2.75, 3.05) is 5.75 Å². The topological polar surface area (TPSA) is 113 Å². The minimum absolute atomic E-state index is 0.0137. The molecule has 0 saturated carbocycles. The number of thiol groups is 1. The molecule has 0 aliphatic carbocycles. The number of nitrogens with two attached hydrogens (primary N) is 1. The predicted octanol–water partition coefficient (Wildman–Crippen LogP) is -0.335. The summed E-state index contributed by atoms with van der Waals surface area (Å²) < 4.78 is 0. The molecule has 1 unspecified atom stereocenters. The van der Waals surface area contributed by atoms with Crippen LogP contribution in [0.5, 0.6) is 0 Å². The van der Waals surface area contributed by atoms with E-state index in [1.54, 1.807) is 0 Å². The molecule has 0 fully saturated rings. The van der Waals surface area contributed by atoms with E-state index < -0.39 is 24.0 Å². The van der Waals surface area contributed by atoms with E-state index in [9.17, 15) is 9.59 Å². The zero-order chi connectivity index (χ0) is 12.7.